The summed E-state index contributed by atoms with van der Waals surface area (Å²) in [4.78, 5) is 26.6. The molecule has 28 heavy (non-hydrogen) atoms. The number of nitrogens with zero attached hydrogens (tertiary/aromatic N) is 3. The number of carbonyl (C=O) groups excluding carboxylic acids is 1. The van der Waals surface area contributed by atoms with Crippen LogP contribution in [0, 0.1) is 0 Å². The van der Waals surface area contributed by atoms with E-state index in [1.165, 1.54) is 6.20 Å². The summed E-state index contributed by atoms with van der Waals surface area (Å²) < 4.78 is 12.5. The molecule has 0 aliphatic carbocycles. The third-order valence-corrected chi connectivity index (χ3v) is 4.51. The molecule has 0 atom stereocenters. The van der Waals surface area contributed by atoms with Crippen LogP contribution < -0.4 is 5.43 Å². The average Bonchev–Trinajstić information content (AvgIpc) is 3.41. The molecule has 142 valence electrons. The highest BCUT2D eigenvalue weighted by atomic mass is 16.3. The third kappa shape index (κ3) is 3.88. The van der Waals surface area contributed by atoms with Crippen molar-refractivity contribution in [3.8, 4) is 0 Å². The molecule has 0 fully saturated rings. The van der Waals surface area contributed by atoms with Crippen molar-refractivity contribution >= 4 is 16.8 Å². The van der Waals surface area contributed by atoms with Gasteiger partial charge in [0, 0.05) is 11.8 Å². The van der Waals surface area contributed by atoms with Crippen LogP contribution >= 0.6 is 0 Å². The maximum absolute atomic E-state index is 12.9. The Bertz CT molecular complexity index is 1080. The van der Waals surface area contributed by atoms with E-state index in [-0.39, 0.29) is 17.8 Å². The Hall–Kier alpha value is -3.61. The molecule has 0 saturated carbocycles. The third-order valence-electron chi connectivity index (χ3n) is 4.51. The van der Waals surface area contributed by atoms with Gasteiger partial charge >= 0.3 is 0 Å². The van der Waals surface area contributed by atoms with Crippen LogP contribution in [0.2, 0.25) is 0 Å². The summed E-state index contributed by atoms with van der Waals surface area (Å²) in [5.41, 5.74) is 0.585. The zero-order valence-corrected chi connectivity index (χ0v) is 15.2. The smallest absolute Gasteiger partial charge is 0.225 e. The quantitative estimate of drug-likeness (QED) is 0.494. The van der Waals surface area contributed by atoms with Crippen molar-refractivity contribution in [2.45, 2.75) is 26.1 Å². The first kappa shape index (κ1) is 17.8. The molecule has 3 aromatic heterocycles. The largest absolute Gasteiger partial charge is 0.467 e. The zero-order chi connectivity index (χ0) is 19.3. The van der Waals surface area contributed by atoms with Gasteiger partial charge in [-0.15, -0.1) is 0 Å². The van der Waals surface area contributed by atoms with Crippen LogP contribution in [0.3, 0.4) is 0 Å². The second-order valence-electron chi connectivity index (χ2n) is 6.41. The van der Waals surface area contributed by atoms with Crippen LogP contribution in [0.1, 0.15) is 17.9 Å². The van der Waals surface area contributed by atoms with E-state index in [0.717, 1.165) is 0 Å². The summed E-state index contributed by atoms with van der Waals surface area (Å²) in [6.45, 7) is 1.07. The molecule has 0 aliphatic heterocycles. The van der Waals surface area contributed by atoms with Gasteiger partial charge in [-0.2, -0.15) is 5.10 Å². The van der Waals surface area contributed by atoms with E-state index >= 15 is 0 Å². The van der Waals surface area contributed by atoms with E-state index in [9.17, 15) is 9.59 Å². The van der Waals surface area contributed by atoms with Gasteiger partial charge in [0.25, 0.3) is 0 Å². The number of para-hydroxylation sites is 1. The highest BCUT2D eigenvalue weighted by molar-refractivity contribution is 5.79. The van der Waals surface area contributed by atoms with Crippen molar-refractivity contribution < 1.29 is 13.6 Å². The fraction of sp³-hybridized carbons (Fsp3) is 0.190. The Morgan fingerprint density at radius 1 is 0.964 bits per heavy atom. The number of carbonyl (C=O) groups is 1. The van der Waals surface area contributed by atoms with Gasteiger partial charge in [0.1, 0.15) is 11.5 Å². The average molecular weight is 377 g/mol. The minimum absolute atomic E-state index is 0.0580. The van der Waals surface area contributed by atoms with Crippen LogP contribution in [0.15, 0.2) is 80.9 Å². The Morgan fingerprint density at radius 2 is 1.64 bits per heavy atom. The summed E-state index contributed by atoms with van der Waals surface area (Å²) in [6.07, 6.45) is 4.69. The molecule has 0 saturated heterocycles. The molecule has 0 bridgehead atoms. The number of fused-ring (bicyclic) bond motifs is 1. The Labute approximate surface area is 160 Å². The van der Waals surface area contributed by atoms with Gasteiger partial charge < -0.3 is 13.7 Å². The first-order chi connectivity index (χ1) is 13.7. The number of hydrogen-bond donors (Lipinski definition) is 0. The summed E-state index contributed by atoms with van der Waals surface area (Å²) in [7, 11) is 0. The van der Waals surface area contributed by atoms with Crippen molar-refractivity contribution in [1.82, 2.24) is 14.7 Å². The minimum Gasteiger partial charge on any atom is -0.467 e. The number of hydrogen-bond acceptors (Lipinski definition) is 5. The number of rotatable bonds is 7. The molecule has 4 aromatic rings. The van der Waals surface area contributed by atoms with E-state index < -0.39 is 0 Å². The van der Waals surface area contributed by atoms with Gasteiger partial charge in [0.15, 0.2) is 0 Å². The molecule has 0 N–H and O–H groups in total. The molecule has 0 aliphatic rings. The van der Waals surface area contributed by atoms with Crippen LogP contribution in [0.25, 0.3) is 10.9 Å². The van der Waals surface area contributed by atoms with Gasteiger partial charge in [-0.25, -0.2) is 0 Å². The van der Waals surface area contributed by atoms with Crippen molar-refractivity contribution in [1.29, 1.82) is 0 Å². The van der Waals surface area contributed by atoms with E-state index in [0.29, 0.717) is 42.1 Å². The minimum atomic E-state index is -0.129. The van der Waals surface area contributed by atoms with Gasteiger partial charge in [0.2, 0.25) is 11.3 Å². The summed E-state index contributed by atoms with van der Waals surface area (Å²) >= 11 is 0. The standard InChI is InChI=1S/C21H19N3O4/c25-20-13-22-24(19-8-2-1-7-18(19)20)10-9-21(26)23(14-16-5-3-11-27-16)15-17-6-4-12-28-17/h1-8,11-13H,9-10,14-15H2. The monoisotopic (exact) mass is 377 g/mol. The Kier molecular flexibility index (Phi) is 5.05. The topological polar surface area (TPSA) is 81.5 Å². The van der Waals surface area contributed by atoms with Crippen LogP contribution in [-0.2, 0) is 24.4 Å². The van der Waals surface area contributed by atoms with Gasteiger partial charge in [0.05, 0.1) is 43.9 Å². The summed E-state index contributed by atoms with van der Waals surface area (Å²) in [5.74, 6) is 1.34. The maximum atomic E-state index is 12.9. The maximum Gasteiger partial charge on any atom is 0.225 e. The van der Waals surface area contributed by atoms with Crippen molar-refractivity contribution in [3.05, 3.63) is 89.0 Å². The van der Waals surface area contributed by atoms with Gasteiger partial charge in [-0.05, 0) is 36.4 Å². The lowest BCUT2D eigenvalue weighted by molar-refractivity contribution is -0.133. The second-order valence-corrected chi connectivity index (χ2v) is 6.41. The predicted octanol–water partition coefficient (Wildman–Crippen LogP) is 3.20. The fourth-order valence-electron chi connectivity index (χ4n) is 3.11. The first-order valence-corrected chi connectivity index (χ1v) is 8.98. The van der Waals surface area contributed by atoms with E-state index in [1.54, 1.807) is 40.3 Å². The molecule has 0 spiro atoms. The highest BCUT2D eigenvalue weighted by Crippen LogP contribution is 2.14. The van der Waals surface area contributed by atoms with E-state index in [1.807, 2.05) is 30.3 Å². The molecule has 3 heterocycles. The van der Waals surface area contributed by atoms with Crippen molar-refractivity contribution in [2.24, 2.45) is 0 Å². The Morgan fingerprint density at radius 3 is 2.29 bits per heavy atom. The molecule has 7 nitrogen and oxygen atoms in total. The molecular formula is C21H19N3O4. The van der Waals surface area contributed by atoms with Crippen LogP contribution in [0.4, 0.5) is 0 Å². The lowest BCUT2D eigenvalue weighted by Crippen LogP contribution is -2.30. The lowest BCUT2D eigenvalue weighted by Gasteiger charge is -2.21. The first-order valence-electron chi connectivity index (χ1n) is 8.98. The van der Waals surface area contributed by atoms with Crippen molar-refractivity contribution in [2.75, 3.05) is 0 Å². The second kappa shape index (κ2) is 7.96. The van der Waals surface area contributed by atoms with Crippen LogP contribution in [0.5, 0.6) is 0 Å². The van der Waals surface area contributed by atoms with Crippen LogP contribution in [-0.4, -0.2) is 20.6 Å². The number of amides is 1. The lowest BCUT2D eigenvalue weighted by atomic mass is 10.2. The molecule has 0 radical (unpaired) electrons. The Balaban J connectivity index is 1.51. The number of furan rings is 2. The SMILES string of the molecule is O=C(CCn1ncc(=O)c2ccccc21)N(Cc1ccco1)Cc1ccco1. The number of aryl methyl sites for hydroxylation is 1. The van der Waals surface area contributed by atoms with Crippen molar-refractivity contribution in [3.63, 3.8) is 0 Å². The summed E-state index contributed by atoms with van der Waals surface area (Å²) in [5, 5.41) is 4.78. The molecular weight excluding hydrogens is 358 g/mol. The summed E-state index contributed by atoms with van der Waals surface area (Å²) in [6, 6.07) is 14.5. The van der Waals surface area contributed by atoms with Gasteiger partial charge in [-0.3, -0.25) is 14.3 Å². The fourth-order valence-corrected chi connectivity index (χ4v) is 3.11. The molecule has 4 rings (SSSR count). The zero-order valence-electron chi connectivity index (χ0n) is 15.2. The molecule has 7 heteroatoms. The molecule has 1 aromatic carbocycles. The van der Waals surface area contributed by atoms with E-state index in [2.05, 4.69) is 5.10 Å². The van der Waals surface area contributed by atoms with E-state index in [4.69, 9.17) is 8.83 Å². The van der Waals surface area contributed by atoms with Gasteiger partial charge in [-0.1, -0.05) is 12.1 Å². The normalized spacial score (nSPS) is 11.0. The number of benzene rings is 1. The molecule has 0 unspecified atom stereocenters. The highest BCUT2D eigenvalue weighted by Gasteiger charge is 2.17. The molecule has 1 amide bonds. The number of aromatic nitrogens is 2. The predicted molar refractivity (Wildman–Crippen MR) is 102 cm³/mol.